The first-order valence-electron chi connectivity index (χ1n) is 10.8. The number of carbonyl (C=O) groups is 1. The molecule has 0 aliphatic heterocycles. The number of carbonyl (C=O) groups excluding carboxylic acids is 1. The molecular formula is C27H29NO2S. The fourth-order valence-electron chi connectivity index (χ4n) is 4.19. The van der Waals surface area contributed by atoms with Crippen LogP contribution in [0.15, 0.2) is 65.6 Å². The van der Waals surface area contributed by atoms with Crippen LogP contribution in [-0.4, -0.2) is 15.8 Å². The molecule has 0 spiro atoms. The second-order valence-corrected chi connectivity index (χ2v) is 10.1. The summed E-state index contributed by atoms with van der Waals surface area (Å²) in [4.78, 5) is 13.0. The fourth-order valence-corrected chi connectivity index (χ4v) is 5.21. The van der Waals surface area contributed by atoms with Gasteiger partial charge in [-0.3, -0.25) is 4.79 Å². The van der Waals surface area contributed by atoms with Crippen LogP contribution in [0, 0.1) is 0 Å². The smallest absolute Gasteiger partial charge is 0.308 e. The highest BCUT2D eigenvalue weighted by Gasteiger charge is 2.24. The molecular weight excluding hydrogens is 402 g/mol. The van der Waals surface area contributed by atoms with Gasteiger partial charge in [0, 0.05) is 35.0 Å². The lowest BCUT2D eigenvalue weighted by Crippen LogP contribution is -2.07. The van der Waals surface area contributed by atoms with E-state index in [1.54, 1.807) is 11.8 Å². The van der Waals surface area contributed by atoms with Gasteiger partial charge < -0.3 is 9.30 Å². The van der Waals surface area contributed by atoms with Crippen LogP contribution in [0.25, 0.3) is 21.8 Å². The molecule has 160 valence electrons. The first-order chi connectivity index (χ1) is 14.9. The normalized spacial score (nSPS) is 11.7. The number of hydrogen-bond acceptors (Lipinski definition) is 3. The first-order valence-corrected chi connectivity index (χ1v) is 11.7. The molecule has 1 heterocycles. The number of thioether (sulfide) groups is 1. The van der Waals surface area contributed by atoms with Gasteiger partial charge in [-0.25, -0.2) is 0 Å². The van der Waals surface area contributed by atoms with Gasteiger partial charge in [0.1, 0.15) is 5.75 Å². The van der Waals surface area contributed by atoms with Gasteiger partial charge >= 0.3 is 5.97 Å². The van der Waals surface area contributed by atoms with Gasteiger partial charge in [-0.1, -0.05) is 76.2 Å². The third kappa shape index (κ3) is 4.22. The van der Waals surface area contributed by atoms with Crippen LogP contribution in [0.3, 0.4) is 0 Å². The Kier molecular flexibility index (Phi) is 6.10. The van der Waals surface area contributed by atoms with E-state index in [0.29, 0.717) is 16.9 Å². The fraction of sp³-hybridized carbons (Fsp3) is 0.296. The van der Waals surface area contributed by atoms with Gasteiger partial charge in [-0.05, 0) is 29.2 Å². The number of aromatic nitrogens is 1. The number of esters is 1. The molecule has 0 atom stereocenters. The first kappa shape index (κ1) is 21.5. The summed E-state index contributed by atoms with van der Waals surface area (Å²) in [5.74, 6) is 0.677. The van der Waals surface area contributed by atoms with E-state index in [4.69, 9.17) is 4.74 Å². The number of benzene rings is 3. The van der Waals surface area contributed by atoms with E-state index in [0.717, 1.165) is 17.0 Å². The van der Waals surface area contributed by atoms with Crippen LogP contribution in [0.4, 0.5) is 0 Å². The summed E-state index contributed by atoms with van der Waals surface area (Å²) in [5.41, 5.74) is 4.82. The minimum atomic E-state index is -0.287. The van der Waals surface area contributed by atoms with Crippen molar-refractivity contribution in [3.8, 4) is 5.75 Å². The molecule has 1 aromatic heterocycles. The van der Waals surface area contributed by atoms with Crippen molar-refractivity contribution in [1.82, 2.24) is 4.57 Å². The molecule has 31 heavy (non-hydrogen) atoms. The number of rotatable bonds is 6. The van der Waals surface area contributed by atoms with Crippen molar-refractivity contribution >= 4 is 39.5 Å². The van der Waals surface area contributed by atoms with Crippen molar-refractivity contribution in [1.29, 1.82) is 0 Å². The molecule has 4 aromatic rings. The topological polar surface area (TPSA) is 31.2 Å². The van der Waals surface area contributed by atoms with E-state index in [2.05, 4.69) is 86.9 Å². The lowest BCUT2D eigenvalue weighted by atomic mass is 9.96. The second-order valence-electron chi connectivity index (χ2n) is 8.52. The highest BCUT2D eigenvalue weighted by molar-refractivity contribution is 8.00. The molecule has 0 aliphatic carbocycles. The number of ether oxygens (including phenoxy) is 1. The Labute approximate surface area is 188 Å². The molecule has 0 saturated carbocycles. The van der Waals surface area contributed by atoms with Crippen molar-refractivity contribution in [2.24, 2.45) is 0 Å². The van der Waals surface area contributed by atoms with Crippen LogP contribution in [0.5, 0.6) is 5.75 Å². The van der Waals surface area contributed by atoms with Crippen LogP contribution in [0.2, 0.25) is 0 Å². The predicted molar refractivity (Wildman–Crippen MR) is 131 cm³/mol. The highest BCUT2D eigenvalue weighted by atomic mass is 32.2. The average Bonchev–Trinajstić information content (AvgIpc) is 3.04. The molecule has 0 saturated heterocycles. The number of fused-ring (bicyclic) bond motifs is 3. The Hall–Kier alpha value is -2.72. The maximum atomic E-state index is 12.0. The van der Waals surface area contributed by atoms with Gasteiger partial charge in [-0.2, -0.15) is 0 Å². The SMILES string of the molecule is CC(=O)Oc1cc(C(C)C)c2c3ccccc3n(Cc3ccccc3)c2c1SC(C)C. The molecule has 4 heteroatoms. The van der Waals surface area contributed by atoms with Gasteiger partial charge in [0.2, 0.25) is 0 Å². The maximum Gasteiger partial charge on any atom is 0.308 e. The Morgan fingerprint density at radius 3 is 2.32 bits per heavy atom. The highest BCUT2D eigenvalue weighted by Crippen LogP contribution is 2.46. The zero-order valence-electron chi connectivity index (χ0n) is 18.8. The molecule has 0 fully saturated rings. The third-order valence-electron chi connectivity index (χ3n) is 5.40. The lowest BCUT2D eigenvalue weighted by Gasteiger charge is -2.19. The minimum absolute atomic E-state index is 0.287. The Balaban J connectivity index is 2.14. The zero-order valence-corrected chi connectivity index (χ0v) is 19.6. The average molecular weight is 432 g/mol. The van der Waals surface area contributed by atoms with E-state index in [9.17, 15) is 4.79 Å². The summed E-state index contributed by atoms with van der Waals surface area (Å²) < 4.78 is 8.17. The second kappa shape index (κ2) is 8.80. The third-order valence-corrected chi connectivity index (χ3v) is 6.50. The standard InChI is InChI=1S/C27H29NO2S/c1-17(2)22-15-24(30-19(5)29)27(31-18(3)4)26-25(22)21-13-9-10-14-23(21)28(26)16-20-11-7-6-8-12-20/h6-15,17-18H,16H2,1-5H3. The molecule has 3 aromatic carbocycles. The molecule has 4 rings (SSSR count). The Bertz CT molecular complexity index is 1240. The zero-order chi connectivity index (χ0) is 22.1. The summed E-state index contributed by atoms with van der Waals surface area (Å²) in [6.45, 7) is 11.0. The van der Waals surface area contributed by atoms with Gasteiger partial charge in [0.25, 0.3) is 0 Å². The van der Waals surface area contributed by atoms with E-state index in [1.165, 1.54) is 34.3 Å². The van der Waals surface area contributed by atoms with Crippen molar-refractivity contribution in [2.75, 3.05) is 0 Å². The summed E-state index contributed by atoms with van der Waals surface area (Å²) >= 11 is 1.76. The van der Waals surface area contributed by atoms with Gasteiger partial charge in [0.05, 0.1) is 10.4 Å². The number of hydrogen-bond donors (Lipinski definition) is 0. The Morgan fingerprint density at radius 2 is 1.68 bits per heavy atom. The molecule has 0 aliphatic rings. The maximum absolute atomic E-state index is 12.0. The van der Waals surface area contributed by atoms with Crippen LogP contribution >= 0.6 is 11.8 Å². The number of para-hydroxylation sites is 1. The monoisotopic (exact) mass is 431 g/mol. The quantitative estimate of drug-likeness (QED) is 0.181. The van der Waals surface area contributed by atoms with Gasteiger partial charge in [-0.15, -0.1) is 11.8 Å². The lowest BCUT2D eigenvalue weighted by molar-refractivity contribution is -0.132. The van der Waals surface area contributed by atoms with Crippen molar-refractivity contribution < 1.29 is 9.53 Å². The largest absolute Gasteiger partial charge is 0.425 e. The molecule has 0 bridgehead atoms. The Morgan fingerprint density at radius 1 is 1.00 bits per heavy atom. The summed E-state index contributed by atoms with van der Waals surface area (Å²) in [7, 11) is 0. The molecule has 0 unspecified atom stereocenters. The molecule has 0 amide bonds. The van der Waals surface area contributed by atoms with Gasteiger partial charge in [0.15, 0.2) is 0 Å². The van der Waals surface area contributed by atoms with E-state index in [1.807, 2.05) is 6.07 Å². The van der Waals surface area contributed by atoms with Crippen molar-refractivity contribution in [2.45, 2.75) is 57.2 Å². The van der Waals surface area contributed by atoms with Crippen LogP contribution in [0.1, 0.15) is 51.7 Å². The predicted octanol–water partition coefficient (Wildman–Crippen LogP) is 7.39. The molecule has 0 radical (unpaired) electrons. The summed E-state index contributed by atoms with van der Waals surface area (Å²) in [6.07, 6.45) is 0. The van der Waals surface area contributed by atoms with E-state index >= 15 is 0 Å². The van der Waals surface area contributed by atoms with E-state index in [-0.39, 0.29) is 5.97 Å². The van der Waals surface area contributed by atoms with Crippen molar-refractivity contribution in [3.63, 3.8) is 0 Å². The molecule has 3 nitrogen and oxygen atoms in total. The van der Waals surface area contributed by atoms with Crippen LogP contribution < -0.4 is 4.74 Å². The minimum Gasteiger partial charge on any atom is -0.425 e. The summed E-state index contributed by atoms with van der Waals surface area (Å²) in [5, 5.41) is 2.86. The summed E-state index contributed by atoms with van der Waals surface area (Å²) in [6, 6.07) is 21.2. The van der Waals surface area contributed by atoms with E-state index < -0.39 is 0 Å². The number of nitrogens with zero attached hydrogens (tertiary/aromatic N) is 1. The van der Waals surface area contributed by atoms with Crippen molar-refractivity contribution in [3.05, 3.63) is 71.8 Å². The van der Waals surface area contributed by atoms with Crippen LogP contribution in [-0.2, 0) is 11.3 Å². The molecule has 0 N–H and O–H groups in total.